The Labute approximate surface area is 338 Å². The van der Waals surface area contributed by atoms with Gasteiger partial charge >= 0.3 is 12.2 Å². The first kappa shape index (κ1) is 39.2. The zero-order valence-corrected chi connectivity index (χ0v) is 33.3. The molecule has 4 aliphatic rings. The third-order valence-corrected chi connectivity index (χ3v) is 13.4. The maximum absolute atomic E-state index is 13.6. The van der Waals surface area contributed by atoms with Crippen LogP contribution in [-0.2, 0) is 9.59 Å². The van der Waals surface area contributed by atoms with Crippen molar-refractivity contribution in [3.63, 3.8) is 0 Å². The van der Waals surface area contributed by atoms with Gasteiger partial charge in [0, 0.05) is 51.1 Å². The van der Waals surface area contributed by atoms with Gasteiger partial charge in [0.05, 0.1) is 35.9 Å². The largest absolute Gasteiger partial charge is 0.465 e. The number of benzene rings is 2. The standard InChI is InChI=1S/C44H54N8O6/c1-49(43(55)56)33-19-15-31(16-20-33)41(53)51-23-3-5-37(51)39-45-25-35(47-39)29-11-7-27(8-12-29)28-9-13-30(14-10-28)36-26-46-40(48-36)38-6-4-24-52(38)42(54)32-17-21-34(22-18-32)50(2)44(57)58/h7-14,25-26,31-34,37-38H,3-6,15-24H2,1-2H3,(H,45,47)(H,46,48)(H,55,56)(H,57,58)/t31-,32-,33+,34+,37-,38-/m0/s1. The van der Waals surface area contributed by atoms with E-state index in [0.29, 0.717) is 64.5 Å². The molecule has 4 aromatic rings. The van der Waals surface area contributed by atoms with Crippen LogP contribution < -0.4 is 0 Å². The molecule has 2 atom stereocenters. The van der Waals surface area contributed by atoms with Gasteiger partial charge in [0.1, 0.15) is 11.6 Å². The Kier molecular flexibility index (Phi) is 11.3. The molecule has 14 heteroatoms. The number of H-pyrrole nitrogens is 2. The molecule has 2 aliphatic carbocycles. The van der Waals surface area contributed by atoms with Crippen LogP contribution in [0.4, 0.5) is 9.59 Å². The van der Waals surface area contributed by atoms with E-state index in [1.54, 1.807) is 14.1 Å². The van der Waals surface area contributed by atoms with Gasteiger partial charge in [0.2, 0.25) is 11.8 Å². The summed E-state index contributed by atoms with van der Waals surface area (Å²) in [5, 5.41) is 18.7. The molecule has 2 aromatic carbocycles. The third kappa shape index (κ3) is 7.93. The molecule has 2 saturated heterocycles. The fourth-order valence-corrected chi connectivity index (χ4v) is 9.82. The molecule has 0 spiro atoms. The van der Waals surface area contributed by atoms with Gasteiger partial charge in [0.25, 0.3) is 0 Å². The van der Waals surface area contributed by atoms with Crippen LogP contribution in [0, 0.1) is 11.8 Å². The second kappa shape index (κ2) is 16.7. The molecule has 0 unspecified atom stereocenters. The third-order valence-electron chi connectivity index (χ3n) is 13.4. The predicted molar refractivity (Wildman–Crippen MR) is 217 cm³/mol. The summed E-state index contributed by atoms with van der Waals surface area (Å²) in [5.41, 5.74) is 6.00. The van der Waals surface area contributed by atoms with Gasteiger partial charge in [-0.2, -0.15) is 0 Å². The number of aromatic amines is 2. The van der Waals surface area contributed by atoms with Crippen molar-refractivity contribution < 1.29 is 29.4 Å². The minimum absolute atomic E-state index is 0.0281. The fourth-order valence-electron chi connectivity index (χ4n) is 9.82. The van der Waals surface area contributed by atoms with Crippen molar-refractivity contribution in [3.05, 3.63) is 72.6 Å². The van der Waals surface area contributed by atoms with Crippen LogP contribution in [0.15, 0.2) is 60.9 Å². The number of carboxylic acid groups (broad SMARTS) is 2. The molecule has 306 valence electrons. The highest BCUT2D eigenvalue weighted by Crippen LogP contribution is 2.38. The molecule has 8 rings (SSSR count). The Morgan fingerprint density at radius 2 is 0.897 bits per heavy atom. The smallest absolute Gasteiger partial charge is 0.407 e. The monoisotopic (exact) mass is 790 g/mol. The van der Waals surface area contributed by atoms with Gasteiger partial charge in [-0.15, -0.1) is 0 Å². The van der Waals surface area contributed by atoms with Crippen LogP contribution in [0.5, 0.6) is 0 Å². The average molecular weight is 791 g/mol. The zero-order chi connectivity index (χ0) is 40.5. The van der Waals surface area contributed by atoms with E-state index in [4.69, 9.17) is 9.97 Å². The van der Waals surface area contributed by atoms with E-state index in [1.807, 2.05) is 22.2 Å². The fraction of sp³-hybridized carbons (Fsp3) is 0.500. The van der Waals surface area contributed by atoms with Crippen LogP contribution in [0.1, 0.15) is 101 Å². The molecule has 4 heterocycles. The molecule has 14 nitrogen and oxygen atoms in total. The normalized spacial score (nSPS) is 24.8. The number of likely N-dealkylation sites (tertiary alicyclic amines) is 2. The molecule has 0 bridgehead atoms. The topological polar surface area (TPSA) is 179 Å². The molecule has 58 heavy (non-hydrogen) atoms. The number of carbonyl (C=O) groups is 4. The Morgan fingerprint density at radius 3 is 1.24 bits per heavy atom. The van der Waals surface area contributed by atoms with Crippen LogP contribution in [0.25, 0.3) is 33.6 Å². The highest BCUT2D eigenvalue weighted by atomic mass is 16.4. The molecular weight excluding hydrogens is 737 g/mol. The lowest BCUT2D eigenvalue weighted by molar-refractivity contribution is -0.138. The molecule has 0 radical (unpaired) electrons. The van der Waals surface area contributed by atoms with Crippen LogP contribution in [0.2, 0.25) is 0 Å². The van der Waals surface area contributed by atoms with Crippen LogP contribution in [-0.4, -0.2) is 113 Å². The summed E-state index contributed by atoms with van der Waals surface area (Å²) in [4.78, 5) is 73.3. The van der Waals surface area contributed by atoms with E-state index >= 15 is 0 Å². The minimum Gasteiger partial charge on any atom is -0.465 e. The molecular formula is C44H54N8O6. The van der Waals surface area contributed by atoms with Gasteiger partial charge in [-0.1, -0.05) is 48.5 Å². The van der Waals surface area contributed by atoms with Crippen molar-refractivity contribution in [1.29, 1.82) is 0 Å². The highest BCUT2D eigenvalue weighted by Gasteiger charge is 2.39. The van der Waals surface area contributed by atoms with Crippen molar-refractivity contribution in [3.8, 4) is 33.6 Å². The summed E-state index contributed by atoms with van der Waals surface area (Å²) in [6.07, 6.45) is 11.1. The number of hydrogen-bond acceptors (Lipinski definition) is 6. The van der Waals surface area contributed by atoms with Crippen molar-refractivity contribution in [1.82, 2.24) is 39.5 Å². The Hall–Kier alpha value is -5.66. The molecule has 4 N–H and O–H groups in total. The number of imidazole rings is 2. The Balaban J connectivity index is 0.867. The van der Waals surface area contributed by atoms with Gasteiger partial charge < -0.3 is 39.8 Å². The van der Waals surface area contributed by atoms with E-state index in [9.17, 15) is 29.4 Å². The van der Waals surface area contributed by atoms with E-state index < -0.39 is 12.2 Å². The van der Waals surface area contributed by atoms with E-state index in [2.05, 4.69) is 58.5 Å². The minimum atomic E-state index is -0.919. The van der Waals surface area contributed by atoms with Crippen molar-refractivity contribution in [2.24, 2.45) is 11.8 Å². The second-order valence-corrected chi connectivity index (χ2v) is 16.7. The Morgan fingerprint density at radius 1 is 0.552 bits per heavy atom. The SMILES string of the molecule is CN(C(=O)O)[C@H]1CC[C@@H](C(=O)N2CCC[C@H]2c2ncc(-c3ccc(-c4ccc(-c5cnc([C@@H]6CCCN6C(=O)[C@H]6CC[C@@H](N(C)C(=O)O)CC6)[nH]5)cc4)cc3)[nH]2)CC1. The summed E-state index contributed by atoms with van der Waals surface area (Å²) in [6.45, 7) is 1.42. The van der Waals surface area contributed by atoms with E-state index in [0.717, 1.165) is 71.0 Å². The van der Waals surface area contributed by atoms with Crippen molar-refractivity contribution >= 4 is 24.0 Å². The molecule has 2 aliphatic heterocycles. The van der Waals surface area contributed by atoms with Crippen molar-refractivity contribution in [2.45, 2.75) is 101 Å². The number of carbonyl (C=O) groups excluding carboxylic acids is 2. The highest BCUT2D eigenvalue weighted by molar-refractivity contribution is 5.80. The van der Waals surface area contributed by atoms with E-state index in [-0.39, 0.29) is 47.8 Å². The Bertz CT molecular complexity index is 1950. The summed E-state index contributed by atoms with van der Waals surface area (Å²) in [7, 11) is 3.23. The number of amides is 4. The molecule has 2 saturated carbocycles. The van der Waals surface area contributed by atoms with Crippen molar-refractivity contribution in [2.75, 3.05) is 27.2 Å². The summed E-state index contributed by atoms with van der Waals surface area (Å²) >= 11 is 0. The number of aromatic nitrogens is 4. The lowest BCUT2D eigenvalue weighted by Crippen LogP contribution is -2.42. The van der Waals surface area contributed by atoms with Gasteiger partial charge in [-0.25, -0.2) is 19.6 Å². The first-order valence-corrected chi connectivity index (χ1v) is 20.9. The first-order valence-electron chi connectivity index (χ1n) is 20.9. The number of hydrogen-bond donors (Lipinski definition) is 4. The molecule has 4 fully saturated rings. The maximum Gasteiger partial charge on any atom is 0.407 e. The quantitative estimate of drug-likeness (QED) is 0.133. The van der Waals surface area contributed by atoms with Gasteiger partial charge in [-0.05, 0) is 99.3 Å². The van der Waals surface area contributed by atoms with Crippen LogP contribution in [0.3, 0.4) is 0 Å². The van der Waals surface area contributed by atoms with E-state index in [1.165, 1.54) is 9.80 Å². The zero-order valence-electron chi connectivity index (χ0n) is 33.3. The molecule has 4 amide bonds. The summed E-state index contributed by atoms with van der Waals surface area (Å²) in [6, 6.07) is 16.5. The number of nitrogens with zero attached hydrogens (tertiary/aromatic N) is 6. The second-order valence-electron chi connectivity index (χ2n) is 16.7. The number of rotatable bonds is 9. The lowest BCUT2D eigenvalue weighted by Gasteiger charge is -2.35. The first-order chi connectivity index (χ1) is 28.0. The average Bonchev–Trinajstić information content (AvgIpc) is 4.10. The van der Waals surface area contributed by atoms with Gasteiger partial charge in [0.15, 0.2) is 0 Å². The molecule has 2 aromatic heterocycles. The summed E-state index contributed by atoms with van der Waals surface area (Å²) < 4.78 is 0. The lowest BCUT2D eigenvalue weighted by atomic mass is 9.84. The summed E-state index contributed by atoms with van der Waals surface area (Å²) in [5.74, 6) is 1.77. The predicted octanol–water partition coefficient (Wildman–Crippen LogP) is 7.80. The number of nitrogens with one attached hydrogen (secondary N) is 2. The van der Waals surface area contributed by atoms with Crippen LogP contribution >= 0.6 is 0 Å². The maximum atomic E-state index is 13.6. The van der Waals surface area contributed by atoms with Gasteiger partial charge in [-0.3, -0.25) is 9.59 Å².